The molecule has 0 fully saturated rings. The Bertz CT molecular complexity index is 395. The number of carbonyl (C=O) groups is 1. The van der Waals surface area contributed by atoms with Crippen molar-refractivity contribution in [1.82, 2.24) is 0 Å². The van der Waals surface area contributed by atoms with Gasteiger partial charge in [-0.25, -0.2) is 0 Å². The van der Waals surface area contributed by atoms with E-state index in [0.29, 0.717) is 19.4 Å². The summed E-state index contributed by atoms with van der Waals surface area (Å²) in [6.45, 7) is 0.383. The molecular formula is C12H16BrNO3. The Morgan fingerprint density at radius 3 is 2.76 bits per heavy atom. The summed E-state index contributed by atoms with van der Waals surface area (Å²) in [5.74, 6) is -0.498. The number of ether oxygens (including phenoxy) is 1. The molecule has 1 unspecified atom stereocenters. The molecule has 3 N–H and O–H groups in total. The first kappa shape index (κ1) is 14.0. The second kappa shape index (κ2) is 6.61. The highest BCUT2D eigenvalue weighted by atomic mass is 79.9. The van der Waals surface area contributed by atoms with Gasteiger partial charge in [0.1, 0.15) is 5.75 Å². The minimum Gasteiger partial charge on any atom is -0.496 e. The van der Waals surface area contributed by atoms with Crippen molar-refractivity contribution >= 4 is 21.9 Å². The summed E-state index contributed by atoms with van der Waals surface area (Å²) in [6.07, 6.45) is 0.966. The van der Waals surface area contributed by atoms with Crippen molar-refractivity contribution in [3.63, 3.8) is 0 Å². The monoisotopic (exact) mass is 301 g/mol. The molecule has 4 nitrogen and oxygen atoms in total. The maximum absolute atomic E-state index is 11.0. The van der Waals surface area contributed by atoms with E-state index >= 15 is 0 Å². The number of halogens is 1. The molecule has 0 radical (unpaired) electrons. The normalized spacial score (nSPS) is 12.2. The zero-order valence-corrected chi connectivity index (χ0v) is 11.2. The number of hydrogen-bond acceptors (Lipinski definition) is 3. The first-order valence-corrected chi connectivity index (χ1v) is 6.13. The highest BCUT2D eigenvalue weighted by Gasteiger charge is 2.17. The first-order valence-electron chi connectivity index (χ1n) is 5.33. The van der Waals surface area contributed by atoms with Gasteiger partial charge < -0.3 is 15.6 Å². The molecule has 0 bridgehead atoms. The van der Waals surface area contributed by atoms with Gasteiger partial charge in [-0.05, 0) is 53.0 Å². The molecule has 1 atom stereocenters. The van der Waals surface area contributed by atoms with E-state index in [9.17, 15) is 4.79 Å². The van der Waals surface area contributed by atoms with Crippen LogP contribution in [0.1, 0.15) is 12.0 Å². The Labute approximate surface area is 109 Å². The van der Waals surface area contributed by atoms with Crippen LogP contribution in [0.25, 0.3) is 0 Å². The van der Waals surface area contributed by atoms with Crippen LogP contribution in [0.2, 0.25) is 0 Å². The lowest BCUT2D eigenvalue weighted by Crippen LogP contribution is -2.20. The molecule has 0 spiro atoms. The van der Waals surface area contributed by atoms with Crippen LogP contribution in [0.15, 0.2) is 22.7 Å². The number of nitrogens with two attached hydrogens (primary N) is 1. The van der Waals surface area contributed by atoms with Gasteiger partial charge in [0.25, 0.3) is 0 Å². The summed E-state index contributed by atoms with van der Waals surface area (Å²) >= 11 is 3.38. The molecule has 0 aliphatic carbocycles. The van der Waals surface area contributed by atoms with Gasteiger partial charge in [-0.2, -0.15) is 0 Å². The van der Waals surface area contributed by atoms with Crippen LogP contribution >= 0.6 is 15.9 Å². The molecule has 0 aromatic heterocycles. The molecule has 0 amide bonds. The molecule has 94 valence electrons. The lowest BCUT2D eigenvalue weighted by Gasteiger charge is -2.12. The fourth-order valence-electron chi connectivity index (χ4n) is 1.64. The molecular weight excluding hydrogens is 286 g/mol. The molecule has 0 aliphatic rings. The van der Waals surface area contributed by atoms with E-state index in [4.69, 9.17) is 15.6 Å². The zero-order valence-electron chi connectivity index (χ0n) is 9.65. The van der Waals surface area contributed by atoms with E-state index in [1.165, 1.54) is 0 Å². The number of rotatable bonds is 6. The second-order valence-electron chi connectivity index (χ2n) is 3.79. The van der Waals surface area contributed by atoms with Crippen molar-refractivity contribution in [1.29, 1.82) is 0 Å². The third-order valence-corrected chi connectivity index (χ3v) is 3.18. The van der Waals surface area contributed by atoms with Crippen molar-refractivity contribution in [2.45, 2.75) is 12.8 Å². The number of benzene rings is 1. The van der Waals surface area contributed by atoms with E-state index in [-0.39, 0.29) is 0 Å². The van der Waals surface area contributed by atoms with E-state index in [0.717, 1.165) is 15.8 Å². The van der Waals surface area contributed by atoms with Gasteiger partial charge in [-0.15, -0.1) is 0 Å². The van der Waals surface area contributed by atoms with Gasteiger partial charge in [0.05, 0.1) is 17.5 Å². The van der Waals surface area contributed by atoms with Crippen LogP contribution in [0.5, 0.6) is 5.75 Å². The van der Waals surface area contributed by atoms with Crippen LogP contribution < -0.4 is 10.5 Å². The van der Waals surface area contributed by atoms with E-state index in [1.54, 1.807) is 7.11 Å². The van der Waals surface area contributed by atoms with Crippen LogP contribution in [0, 0.1) is 5.92 Å². The maximum atomic E-state index is 11.0. The highest BCUT2D eigenvalue weighted by molar-refractivity contribution is 9.10. The minimum atomic E-state index is -0.803. The Morgan fingerprint density at radius 1 is 1.59 bits per heavy atom. The quantitative estimate of drug-likeness (QED) is 0.843. The first-order chi connectivity index (χ1) is 8.08. The third kappa shape index (κ3) is 4.02. The van der Waals surface area contributed by atoms with Crippen molar-refractivity contribution in [2.24, 2.45) is 11.7 Å². The van der Waals surface area contributed by atoms with Crippen molar-refractivity contribution < 1.29 is 14.6 Å². The Morgan fingerprint density at radius 2 is 2.29 bits per heavy atom. The van der Waals surface area contributed by atoms with Gasteiger partial charge in [0.2, 0.25) is 0 Å². The Kier molecular flexibility index (Phi) is 5.44. The van der Waals surface area contributed by atoms with Crippen LogP contribution in [0.3, 0.4) is 0 Å². The summed E-state index contributed by atoms with van der Waals surface area (Å²) in [5.41, 5.74) is 6.36. The zero-order chi connectivity index (χ0) is 12.8. The average Bonchev–Trinajstić information content (AvgIpc) is 2.28. The van der Waals surface area contributed by atoms with Crippen LogP contribution in [-0.2, 0) is 11.2 Å². The second-order valence-corrected chi connectivity index (χ2v) is 4.64. The summed E-state index contributed by atoms with van der Waals surface area (Å²) in [4.78, 5) is 11.0. The van der Waals surface area contributed by atoms with Crippen molar-refractivity contribution in [2.75, 3.05) is 13.7 Å². The lowest BCUT2D eigenvalue weighted by atomic mass is 9.96. The Balaban J connectivity index is 2.79. The van der Waals surface area contributed by atoms with E-state index < -0.39 is 11.9 Å². The van der Waals surface area contributed by atoms with Gasteiger partial charge in [-0.1, -0.05) is 6.07 Å². The van der Waals surface area contributed by atoms with Gasteiger partial charge in [0.15, 0.2) is 0 Å². The molecule has 0 saturated carbocycles. The number of methoxy groups -OCH3 is 1. The molecule has 1 rings (SSSR count). The largest absolute Gasteiger partial charge is 0.496 e. The third-order valence-electron chi connectivity index (χ3n) is 2.56. The summed E-state index contributed by atoms with van der Waals surface area (Å²) < 4.78 is 5.94. The summed E-state index contributed by atoms with van der Waals surface area (Å²) in [5, 5.41) is 9.04. The van der Waals surface area contributed by atoms with Crippen molar-refractivity contribution in [3.8, 4) is 5.75 Å². The molecule has 1 aromatic carbocycles. The molecule has 0 aliphatic heterocycles. The van der Waals surface area contributed by atoms with Crippen molar-refractivity contribution in [3.05, 3.63) is 28.2 Å². The minimum absolute atomic E-state index is 0.383. The van der Waals surface area contributed by atoms with Crippen LogP contribution in [-0.4, -0.2) is 24.7 Å². The van der Waals surface area contributed by atoms with E-state index in [2.05, 4.69) is 15.9 Å². The molecule has 0 heterocycles. The van der Waals surface area contributed by atoms with Gasteiger partial charge >= 0.3 is 5.97 Å². The predicted molar refractivity (Wildman–Crippen MR) is 69.2 cm³/mol. The molecule has 1 aromatic rings. The number of hydrogen-bond donors (Lipinski definition) is 2. The standard InChI is InChI=1S/C12H16BrNO3/c1-17-11-3-2-8(7-10(11)13)6-9(4-5-14)12(15)16/h2-3,7,9H,4-6,14H2,1H3,(H,15,16). The predicted octanol–water partition coefficient (Wildman–Crippen LogP) is 2.05. The number of carboxylic acid groups (broad SMARTS) is 1. The maximum Gasteiger partial charge on any atom is 0.306 e. The summed E-state index contributed by atoms with van der Waals surface area (Å²) in [7, 11) is 1.59. The number of carboxylic acids is 1. The number of aliphatic carboxylic acids is 1. The fourth-order valence-corrected chi connectivity index (χ4v) is 2.22. The molecule has 5 heteroatoms. The summed E-state index contributed by atoms with van der Waals surface area (Å²) in [6, 6.07) is 5.57. The Hall–Kier alpha value is -1.07. The molecule has 0 saturated heterocycles. The topological polar surface area (TPSA) is 72.5 Å². The smallest absolute Gasteiger partial charge is 0.306 e. The van der Waals surface area contributed by atoms with Gasteiger partial charge in [0, 0.05) is 0 Å². The average molecular weight is 302 g/mol. The lowest BCUT2D eigenvalue weighted by molar-refractivity contribution is -0.141. The highest BCUT2D eigenvalue weighted by Crippen LogP contribution is 2.26. The van der Waals surface area contributed by atoms with E-state index in [1.807, 2.05) is 18.2 Å². The van der Waals surface area contributed by atoms with Gasteiger partial charge in [-0.3, -0.25) is 4.79 Å². The van der Waals surface area contributed by atoms with Crippen LogP contribution in [0.4, 0.5) is 0 Å². The SMILES string of the molecule is COc1ccc(CC(CCN)C(=O)O)cc1Br. The molecule has 17 heavy (non-hydrogen) atoms. The fraction of sp³-hybridized carbons (Fsp3) is 0.417.